The molecule has 16 heavy (non-hydrogen) atoms. The monoisotopic (exact) mass is 239 g/mol. The van der Waals surface area contributed by atoms with Crippen molar-refractivity contribution in [2.45, 2.75) is 12.3 Å². The van der Waals surface area contributed by atoms with Crippen molar-refractivity contribution in [2.75, 3.05) is 26.8 Å². The zero-order valence-electron chi connectivity index (χ0n) is 9.58. The van der Waals surface area contributed by atoms with Crippen LogP contribution < -0.4 is 5.32 Å². The second-order valence-corrected chi connectivity index (χ2v) is 4.73. The van der Waals surface area contributed by atoms with Crippen LogP contribution in [0.15, 0.2) is 24.3 Å². The minimum Gasteiger partial charge on any atom is -0.383 e. The zero-order valence-corrected chi connectivity index (χ0v) is 10.3. The number of hydrogen-bond donors (Lipinski definition) is 1. The van der Waals surface area contributed by atoms with E-state index in [1.54, 1.807) is 7.11 Å². The quantitative estimate of drug-likeness (QED) is 0.771. The van der Waals surface area contributed by atoms with Crippen molar-refractivity contribution in [1.82, 2.24) is 5.32 Å². The van der Waals surface area contributed by atoms with Crippen molar-refractivity contribution in [3.8, 4) is 0 Å². The number of halogens is 1. The van der Waals surface area contributed by atoms with Crippen LogP contribution in [0.2, 0.25) is 5.02 Å². The molecule has 1 fully saturated rings. The Morgan fingerprint density at radius 3 is 3.00 bits per heavy atom. The fourth-order valence-corrected chi connectivity index (χ4v) is 2.37. The molecule has 2 rings (SSSR count). The summed E-state index contributed by atoms with van der Waals surface area (Å²) in [7, 11) is 1.73. The van der Waals surface area contributed by atoms with Crippen LogP contribution in [0.1, 0.15) is 17.9 Å². The number of rotatable bonds is 6. The Kier molecular flexibility index (Phi) is 4.22. The third-order valence-electron chi connectivity index (χ3n) is 3.12. The van der Waals surface area contributed by atoms with E-state index >= 15 is 0 Å². The molecule has 0 radical (unpaired) electrons. The van der Waals surface area contributed by atoms with Gasteiger partial charge in [0.2, 0.25) is 0 Å². The Labute approximate surface area is 102 Å². The van der Waals surface area contributed by atoms with Crippen molar-refractivity contribution in [1.29, 1.82) is 0 Å². The highest BCUT2D eigenvalue weighted by Crippen LogP contribution is 2.48. The van der Waals surface area contributed by atoms with Gasteiger partial charge in [-0.25, -0.2) is 0 Å². The summed E-state index contributed by atoms with van der Waals surface area (Å²) in [5.41, 5.74) is 1.31. The summed E-state index contributed by atoms with van der Waals surface area (Å²) in [6, 6.07) is 8.17. The Hall–Kier alpha value is -0.570. The smallest absolute Gasteiger partial charge is 0.0587 e. The van der Waals surface area contributed by atoms with Gasteiger partial charge in [0.25, 0.3) is 0 Å². The molecule has 2 atom stereocenters. The minimum absolute atomic E-state index is 0.656. The van der Waals surface area contributed by atoms with E-state index in [4.69, 9.17) is 16.3 Å². The van der Waals surface area contributed by atoms with Gasteiger partial charge in [0.1, 0.15) is 0 Å². The van der Waals surface area contributed by atoms with Gasteiger partial charge in [-0.1, -0.05) is 29.8 Å². The lowest BCUT2D eigenvalue weighted by atomic mass is 10.1. The van der Waals surface area contributed by atoms with Crippen LogP contribution >= 0.6 is 11.6 Å². The number of hydrogen-bond acceptors (Lipinski definition) is 2. The summed E-state index contributed by atoms with van der Waals surface area (Å²) < 4.78 is 4.99. The van der Waals surface area contributed by atoms with Crippen molar-refractivity contribution < 1.29 is 4.74 Å². The Bertz CT molecular complexity index is 342. The lowest BCUT2D eigenvalue weighted by molar-refractivity contribution is 0.199. The van der Waals surface area contributed by atoms with Gasteiger partial charge in [0.15, 0.2) is 0 Å². The van der Waals surface area contributed by atoms with Gasteiger partial charge in [0, 0.05) is 18.7 Å². The van der Waals surface area contributed by atoms with E-state index in [0.29, 0.717) is 5.92 Å². The fourth-order valence-electron chi connectivity index (χ4n) is 2.09. The highest BCUT2D eigenvalue weighted by molar-refractivity contribution is 6.31. The van der Waals surface area contributed by atoms with Crippen molar-refractivity contribution in [3.63, 3.8) is 0 Å². The average Bonchev–Trinajstić information content (AvgIpc) is 3.05. The minimum atomic E-state index is 0.656. The maximum absolute atomic E-state index is 6.17. The molecule has 0 aliphatic heterocycles. The molecule has 3 heteroatoms. The van der Waals surface area contributed by atoms with Gasteiger partial charge < -0.3 is 10.1 Å². The van der Waals surface area contributed by atoms with E-state index in [2.05, 4.69) is 17.4 Å². The molecule has 2 unspecified atom stereocenters. The summed E-state index contributed by atoms with van der Waals surface area (Å²) in [4.78, 5) is 0. The average molecular weight is 240 g/mol. The van der Waals surface area contributed by atoms with Crippen molar-refractivity contribution >= 4 is 11.6 Å². The van der Waals surface area contributed by atoms with Crippen molar-refractivity contribution in [2.24, 2.45) is 5.92 Å². The predicted molar refractivity (Wildman–Crippen MR) is 67.0 cm³/mol. The van der Waals surface area contributed by atoms with E-state index < -0.39 is 0 Å². The van der Waals surface area contributed by atoms with Gasteiger partial charge in [-0.2, -0.15) is 0 Å². The first-order valence-corrected chi connectivity index (χ1v) is 6.15. The Morgan fingerprint density at radius 2 is 2.25 bits per heavy atom. The largest absolute Gasteiger partial charge is 0.383 e. The van der Waals surface area contributed by atoms with Gasteiger partial charge in [-0.05, 0) is 36.4 Å². The van der Waals surface area contributed by atoms with Gasteiger partial charge >= 0.3 is 0 Å². The summed E-state index contributed by atoms with van der Waals surface area (Å²) in [5, 5.41) is 4.31. The lowest BCUT2D eigenvalue weighted by Gasteiger charge is -2.05. The van der Waals surface area contributed by atoms with Crippen LogP contribution in [-0.4, -0.2) is 26.8 Å². The molecule has 1 saturated carbocycles. The highest BCUT2D eigenvalue weighted by atomic mass is 35.5. The molecule has 1 N–H and O–H groups in total. The molecule has 1 aromatic rings. The molecule has 0 spiro atoms. The molecule has 1 aromatic carbocycles. The molecule has 0 aromatic heterocycles. The summed E-state index contributed by atoms with van der Waals surface area (Å²) in [5.74, 6) is 1.40. The van der Waals surface area contributed by atoms with E-state index in [1.165, 1.54) is 12.0 Å². The standard InChI is InChI=1S/C13H18ClNO/c1-16-7-6-15-9-10-8-12(10)11-4-2-3-5-13(11)14/h2-5,10,12,15H,6-9H2,1H3. The van der Waals surface area contributed by atoms with Gasteiger partial charge in [0.05, 0.1) is 6.61 Å². The third kappa shape index (κ3) is 2.97. The molecule has 0 heterocycles. The van der Waals surface area contributed by atoms with Crippen molar-refractivity contribution in [3.05, 3.63) is 34.9 Å². The summed E-state index contributed by atoms with van der Waals surface area (Å²) >= 11 is 6.17. The second kappa shape index (κ2) is 5.67. The molecular formula is C13H18ClNO. The van der Waals surface area contributed by atoms with Crippen LogP contribution in [-0.2, 0) is 4.74 Å². The maximum atomic E-state index is 6.17. The molecular weight excluding hydrogens is 222 g/mol. The zero-order chi connectivity index (χ0) is 11.4. The van der Waals surface area contributed by atoms with Crippen LogP contribution in [0.3, 0.4) is 0 Å². The second-order valence-electron chi connectivity index (χ2n) is 4.32. The highest BCUT2D eigenvalue weighted by Gasteiger charge is 2.38. The number of benzene rings is 1. The first-order valence-electron chi connectivity index (χ1n) is 5.77. The number of methoxy groups -OCH3 is 1. The van der Waals surface area contributed by atoms with Crippen LogP contribution in [0.25, 0.3) is 0 Å². The predicted octanol–water partition coefficient (Wildman–Crippen LogP) is 2.68. The summed E-state index contributed by atoms with van der Waals surface area (Å²) in [6.07, 6.45) is 1.25. The molecule has 88 valence electrons. The first-order chi connectivity index (χ1) is 7.83. The molecule has 1 aliphatic rings. The fraction of sp³-hybridized carbons (Fsp3) is 0.538. The van der Waals surface area contributed by atoms with Crippen LogP contribution in [0.4, 0.5) is 0 Å². The first kappa shape index (κ1) is 11.9. The van der Waals surface area contributed by atoms with E-state index in [-0.39, 0.29) is 0 Å². The number of nitrogens with one attached hydrogen (secondary N) is 1. The van der Waals surface area contributed by atoms with Crippen LogP contribution in [0.5, 0.6) is 0 Å². The Balaban J connectivity index is 1.76. The number of ether oxygens (including phenoxy) is 1. The lowest BCUT2D eigenvalue weighted by Crippen LogP contribution is -2.21. The topological polar surface area (TPSA) is 21.3 Å². The van der Waals surface area contributed by atoms with E-state index in [9.17, 15) is 0 Å². The normalized spacial score (nSPS) is 23.4. The SMILES string of the molecule is COCCNCC1CC1c1ccccc1Cl. The van der Waals surface area contributed by atoms with Gasteiger partial charge in [-0.15, -0.1) is 0 Å². The van der Waals surface area contributed by atoms with E-state index in [0.717, 1.165) is 30.6 Å². The molecule has 0 bridgehead atoms. The molecule has 2 nitrogen and oxygen atoms in total. The molecule has 0 amide bonds. The summed E-state index contributed by atoms with van der Waals surface area (Å²) in [6.45, 7) is 2.78. The van der Waals surface area contributed by atoms with E-state index in [1.807, 2.05) is 12.1 Å². The molecule has 1 aliphatic carbocycles. The Morgan fingerprint density at radius 1 is 1.44 bits per heavy atom. The molecule has 0 saturated heterocycles. The van der Waals surface area contributed by atoms with Crippen LogP contribution in [0, 0.1) is 5.92 Å². The van der Waals surface area contributed by atoms with Gasteiger partial charge in [-0.3, -0.25) is 0 Å². The third-order valence-corrected chi connectivity index (χ3v) is 3.46. The maximum Gasteiger partial charge on any atom is 0.0587 e.